The van der Waals surface area contributed by atoms with Gasteiger partial charge in [-0.05, 0) is 38.0 Å². The van der Waals surface area contributed by atoms with Crippen molar-refractivity contribution < 1.29 is 0 Å². The zero-order valence-electron chi connectivity index (χ0n) is 7.39. The largest absolute Gasteiger partial charge is 0.326 e. The lowest BCUT2D eigenvalue weighted by Gasteiger charge is -2.31. The minimum atomic E-state index is -0.329. The lowest BCUT2D eigenvalue weighted by Crippen LogP contribution is -2.40. The van der Waals surface area contributed by atoms with Crippen LogP contribution in [0.3, 0.4) is 0 Å². The number of nitrogens with zero attached hydrogens (tertiary/aromatic N) is 1. The zero-order chi connectivity index (χ0) is 7.52. The van der Waals surface area contributed by atoms with E-state index >= 15 is 0 Å². The maximum absolute atomic E-state index is 2.87. The normalized spacial score (nSPS) is 29.5. The fourth-order valence-electron chi connectivity index (χ4n) is 2.55. The maximum Gasteiger partial charge on any atom is 0.111 e. The first-order valence-electron chi connectivity index (χ1n) is 5.21. The number of rotatable bonds is 1. The Hall–Kier alpha value is 0.177. The summed E-state index contributed by atoms with van der Waals surface area (Å²) in [6, 6.07) is 3.25. The molecule has 2 fully saturated rings. The van der Waals surface area contributed by atoms with Gasteiger partial charge in [0.15, 0.2) is 0 Å². The van der Waals surface area contributed by atoms with Gasteiger partial charge in [0, 0.05) is 0 Å². The Balaban J connectivity index is 1.82. The molecule has 2 aliphatic rings. The molecule has 0 atom stereocenters. The average molecular weight is 169 g/mol. The standard InChI is InChI=1S/C9H19NSi/c1-2-6-10(7-3-1)11-8-4-5-9-11/h11H,1-9H2. The van der Waals surface area contributed by atoms with Crippen LogP contribution in [-0.2, 0) is 0 Å². The lowest BCUT2D eigenvalue weighted by molar-refractivity contribution is 0.352. The molecular weight excluding hydrogens is 150 g/mol. The second kappa shape index (κ2) is 3.72. The SMILES string of the molecule is C1CCN([SiH]2CCCC2)CC1. The molecule has 64 valence electrons. The Kier molecular flexibility index (Phi) is 2.64. The first-order chi connectivity index (χ1) is 5.47. The molecule has 0 radical (unpaired) electrons. The van der Waals surface area contributed by atoms with E-state index < -0.39 is 0 Å². The zero-order valence-corrected chi connectivity index (χ0v) is 8.54. The predicted molar refractivity (Wildman–Crippen MR) is 51.4 cm³/mol. The van der Waals surface area contributed by atoms with E-state index in [0.717, 1.165) is 0 Å². The second-order valence-electron chi connectivity index (χ2n) is 4.03. The van der Waals surface area contributed by atoms with Gasteiger partial charge in [-0.1, -0.05) is 19.3 Å². The quantitative estimate of drug-likeness (QED) is 0.543. The third kappa shape index (κ3) is 1.85. The number of hydrogen-bond acceptors (Lipinski definition) is 1. The molecule has 2 heterocycles. The van der Waals surface area contributed by atoms with Crippen molar-refractivity contribution in [3.63, 3.8) is 0 Å². The molecule has 11 heavy (non-hydrogen) atoms. The highest BCUT2D eigenvalue weighted by Crippen LogP contribution is 2.24. The molecule has 0 aromatic carbocycles. The molecule has 0 aromatic rings. The molecule has 2 rings (SSSR count). The van der Waals surface area contributed by atoms with Gasteiger partial charge in [-0.15, -0.1) is 0 Å². The molecule has 0 bridgehead atoms. The van der Waals surface area contributed by atoms with Crippen LogP contribution in [0.25, 0.3) is 0 Å². The molecule has 0 aromatic heterocycles. The molecule has 2 aliphatic heterocycles. The first-order valence-corrected chi connectivity index (χ1v) is 7.36. The van der Waals surface area contributed by atoms with Gasteiger partial charge in [-0.2, -0.15) is 0 Å². The van der Waals surface area contributed by atoms with Gasteiger partial charge >= 0.3 is 0 Å². The Bertz CT molecular complexity index is 115. The molecule has 0 spiro atoms. The summed E-state index contributed by atoms with van der Waals surface area (Å²) in [5.74, 6) is 0. The van der Waals surface area contributed by atoms with Crippen LogP contribution in [-0.4, -0.2) is 26.6 Å². The monoisotopic (exact) mass is 169 g/mol. The topological polar surface area (TPSA) is 3.24 Å². The van der Waals surface area contributed by atoms with Gasteiger partial charge in [0.1, 0.15) is 8.96 Å². The van der Waals surface area contributed by atoms with Gasteiger partial charge in [0.2, 0.25) is 0 Å². The molecule has 2 heteroatoms. The molecular formula is C9H19NSi. The number of hydrogen-bond donors (Lipinski definition) is 0. The Labute approximate surface area is 71.5 Å². The van der Waals surface area contributed by atoms with Crippen LogP contribution in [0.5, 0.6) is 0 Å². The van der Waals surface area contributed by atoms with Crippen LogP contribution in [0.2, 0.25) is 12.1 Å². The average Bonchev–Trinajstić information content (AvgIpc) is 2.58. The Morgan fingerprint density at radius 3 is 2.00 bits per heavy atom. The smallest absolute Gasteiger partial charge is 0.111 e. The van der Waals surface area contributed by atoms with Crippen molar-refractivity contribution in [2.45, 2.75) is 44.2 Å². The molecule has 0 aliphatic carbocycles. The van der Waals surface area contributed by atoms with E-state index in [9.17, 15) is 0 Å². The van der Waals surface area contributed by atoms with Crippen molar-refractivity contribution in [1.82, 2.24) is 4.57 Å². The fourth-order valence-corrected chi connectivity index (χ4v) is 6.19. The second-order valence-corrected chi connectivity index (χ2v) is 7.23. The molecule has 0 unspecified atom stereocenters. The lowest BCUT2D eigenvalue weighted by atomic mass is 10.2. The van der Waals surface area contributed by atoms with Crippen LogP contribution in [0.4, 0.5) is 0 Å². The summed E-state index contributed by atoms with van der Waals surface area (Å²) >= 11 is 0. The predicted octanol–water partition coefficient (Wildman–Crippen LogP) is 1.99. The highest BCUT2D eigenvalue weighted by Gasteiger charge is 2.24. The van der Waals surface area contributed by atoms with Crippen LogP contribution < -0.4 is 0 Å². The van der Waals surface area contributed by atoms with E-state index in [0.29, 0.717) is 0 Å². The summed E-state index contributed by atoms with van der Waals surface area (Å²) in [5, 5.41) is 0. The van der Waals surface area contributed by atoms with Gasteiger partial charge in [-0.3, -0.25) is 0 Å². The van der Waals surface area contributed by atoms with Crippen LogP contribution in [0.15, 0.2) is 0 Å². The third-order valence-corrected chi connectivity index (χ3v) is 6.93. The van der Waals surface area contributed by atoms with Crippen molar-refractivity contribution in [3.8, 4) is 0 Å². The Morgan fingerprint density at radius 2 is 1.36 bits per heavy atom. The summed E-state index contributed by atoms with van der Waals surface area (Å²) < 4.78 is 2.87. The highest BCUT2D eigenvalue weighted by molar-refractivity contribution is 6.56. The fraction of sp³-hybridized carbons (Fsp3) is 1.00. The minimum absolute atomic E-state index is 0.329. The van der Waals surface area contributed by atoms with Gasteiger partial charge in [0.25, 0.3) is 0 Å². The van der Waals surface area contributed by atoms with Gasteiger partial charge in [-0.25, -0.2) is 0 Å². The van der Waals surface area contributed by atoms with E-state index in [1.165, 1.54) is 32.4 Å². The molecule has 1 nitrogen and oxygen atoms in total. The summed E-state index contributed by atoms with van der Waals surface area (Å²) in [5.41, 5.74) is 0. The van der Waals surface area contributed by atoms with Crippen molar-refractivity contribution in [1.29, 1.82) is 0 Å². The van der Waals surface area contributed by atoms with E-state index in [4.69, 9.17) is 0 Å². The summed E-state index contributed by atoms with van der Waals surface area (Å²) in [4.78, 5) is 0. The van der Waals surface area contributed by atoms with Crippen molar-refractivity contribution in [3.05, 3.63) is 0 Å². The van der Waals surface area contributed by atoms with E-state index in [-0.39, 0.29) is 8.96 Å². The summed E-state index contributed by atoms with van der Waals surface area (Å²) in [6.07, 6.45) is 7.57. The summed E-state index contributed by atoms with van der Waals surface area (Å²) in [7, 11) is -0.329. The third-order valence-electron chi connectivity index (χ3n) is 3.23. The van der Waals surface area contributed by atoms with Gasteiger partial charge in [0.05, 0.1) is 0 Å². The van der Waals surface area contributed by atoms with Gasteiger partial charge < -0.3 is 4.57 Å². The van der Waals surface area contributed by atoms with E-state index in [2.05, 4.69) is 4.57 Å². The maximum atomic E-state index is 2.87. The first kappa shape index (κ1) is 7.81. The van der Waals surface area contributed by atoms with Crippen molar-refractivity contribution >= 4 is 8.96 Å². The van der Waals surface area contributed by atoms with E-state index in [1.54, 1.807) is 24.9 Å². The van der Waals surface area contributed by atoms with Crippen molar-refractivity contribution in [2.24, 2.45) is 0 Å². The van der Waals surface area contributed by atoms with E-state index in [1.807, 2.05) is 0 Å². The number of piperidine rings is 1. The molecule has 2 saturated heterocycles. The molecule has 0 amide bonds. The van der Waals surface area contributed by atoms with Crippen LogP contribution >= 0.6 is 0 Å². The summed E-state index contributed by atoms with van der Waals surface area (Å²) in [6.45, 7) is 2.91. The molecule has 0 saturated carbocycles. The van der Waals surface area contributed by atoms with Crippen molar-refractivity contribution in [2.75, 3.05) is 13.1 Å². The van der Waals surface area contributed by atoms with Crippen LogP contribution in [0.1, 0.15) is 32.1 Å². The highest BCUT2D eigenvalue weighted by atomic mass is 28.3. The van der Waals surface area contributed by atoms with Crippen LogP contribution in [0, 0.1) is 0 Å². The minimum Gasteiger partial charge on any atom is -0.326 e. The Morgan fingerprint density at radius 1 is 0.727 bits per heavy atom. The molecule has 0 N–H and O–H groups in total.